The van der Waals surface area contributed by atoms with E-state index in [0.717, 1.165) is 43.8 Å². The van der Waals surface area contributed by atoms with Crippen LogP contribution in [0.25, 0.3) is 0 Å². The van der Waals surface area contributed by atoms with Crippen molar-refractivity contribution in [3.63, 3.8) is 0 Å². The molecular formula is C13H27N3S. The number of rotatable bonds is 5. The first kappa shape index (κ1) is 14.7. The van der Waals surface area contributed by atoms with Crippen LogP contribution in [0.3, 0.4) is 0 Å². The molecule has 3 nitrogen and oxygen atoms in total. The first-order valence-electron chi connectivity index (χ1n) is 6.88. The van der Waals surface area contributed by atoms with Gasteiger partial charge in [-0.1, -0.05) is 27.2 Å². The van der Waals surface area contributed by atoms with Crippen molar-refractivity contribution in [1.82, 2.24) is 15.1 Å². The highest BCUT2D eigenvalue weighted by Gasteiger charge is 2.18. The highest BCUT2D eigenvalue weighted by molar-refractivity contribution is 7.80. The predicted molar refractivity (Wildman–Crippen MR) is 78.4 cm³/mol. The number of nitrogens with zero attached hydrogens (tertiary/aromatic N) is 2. The summed E-state index contributed by atoms with van der Waals surface area (Å²) < 4.78 is 0. The minimum absolute atomic E-state index is 0.760. The summed E-state index contributed by atoms with van der Waals surface area (Å²) in [6, 6.07) is 0. The van der Waals surface area contributed by atoms with Crippen molar-refractivity contribution in [3.8, 4) is 0 Å². The lowest BCUT2D eigenvalue weighted by Crippen LogP contribution is -2.52. The van der Waals surface area contributed by atoms with Gasteiger partial charge in [-0.3, -0.25) is 4.90 Å². The monoisotopic (exact) mass is 257 g/mol. The fourth-order valence-electron chi connectivity index (χ4n) is 2.13. The molecular weight excluding hydrogens is 230 g/mol. The standard InChI is InChI=1S/C13H27N3S/c1-4-5-6-14-13(17)16-9-7-15(8-10-16)11-12(2)3/h12H,4-11H2,1-3H3,(H,14,17). The molecule has 0 unspecified atom stereocenters. The van der Waals surface area contributed by atoms with Crippen LogP contribution in [-0.4, -0.2) is 54.2 Å². The van der Waals surface area contributed by atoms with Crippen LogP contribution in [0.4, 0.5) is 0 Å². The zero-order chi connectivity index (χ0) is 12.7. The van der Waals surface area contributed by atoms with Crippen LogP contribution < -0.4 is 5.32 Å². The number of hydrogen-bond acceptors (Lipinski definition) is 2. The number of unbranched alkanes of at least 4 members (excludes halogenated alkanes) is 1. The number of nitrogens with one attached hydrogen (secondary N) is 1. The van der Waals surface area contributed by atoms with Crippen LogP contribution in [-0.2, 0) is 0 Å². The van der Waals surface area contributed by atoms with Crippen LogP contribution >= 0.6 is 12.2 Å². The first-order chi connectivity index (χ1) is 8.13. The second kappa shape index (κ2) is 7.88. The number of hydrogen-bond donors (Lipinski definition) is 1. The van der Waals surface area contributed by atoms with E-state index in [1.54, 1.807) is 0 Å². The van der Waals surface area contributed by atoms with Crippen molar-refractivity contribution >= 4 is 17.3 Å². The van der Waals surface area contributed by atoms with E-state index in [4.69, 9.17) is 12.2 Å². The average Bonchev–Trinajstić information content (AvgIpc) is 2.29. The van der Waals surface area contributed by atoms with Crippen LogP contribution in [0.2, 0.25) is 0 Å². The Balaban J connectivity index is 2.19. The molecule has 1 heterocycles. The van der Waals surface area contributed by atoms with E-state index in [1.807, 2.05) is 0 Å². The van der Waals surface area contributed by atoms with Gasteiger partial charge in [0.1, 0.15) is 0 Å². The van der Waals surface area contributed by atoms with Gasteiger partial charge in [0.2, 0.25) is 0 Å². The summed E-state index contributed by atoms with van der Waals surface area (Å²) in [5.41, 5.74) is 0. The van der Waals surface area contributed by atoms with Crippen LogP contribution in [0.15, 0.2) is 0 Å². The summed E-state index contributed by atoms with van der Waals surface area (Å²) in [6.07, 6.45) is 2.42. The molecule has 1 fully saturated rings. The Hall–Kier alpha value is -0.350. The summed E-state index contributed by atoms with van der Waals surface area (Å²) in [4.78, 5) is 4.84. The molecule has 0 aromatic heterocycles. The zero-order valence-electron chi connectivity index (χ0n) is 11.5. The van der Waals surface area contributed by atoms with Gasteiger partial charge in [-0.15, -0.1) is 0 Å². The van der Waals surface area contributed by atoms with Gasteiger partial charge in [0.05, 0.1) is 0 Å². The lowest BCUT2D eigenvalue weighted by molar-refractivity contribution is 0.165. The van der Waals surface area contributed by atoms with Gasteiger partial charge in [0.25, 0.3) is 0 Å². The third kappa shape index (κ3) is 5.68. The minimum atomic E-state index is 0.760. The van der Waals surface area contributed by atoms with Gasteiger partial charge in [0.15, 0.2) is 5.11 Å². The van der Waals surface area contributed by atoms with E-state index in [9.17, 15) is 0 Å². The average molecular weight is 257 g/mol. The fourth-order valence-corrected chi connectivity index (χ4v) is 2.42. The molecule has 4 heteroatoms. The zero-order valence-corrected chi connectivity index (χ0v) is 12.4. The molecule has 100 valence electrons. The molecule has 1 aliphatic heterocycles. The molecule has 0 amide bonds. The maximum Gasteiger partial charge on any atom is 0.169 e. The third-order valence-electron chi connectivity index (χ3n) is 3.09. The topological polar surface area (TPSA) is 18.5 Å². The molecule has 0 saturated carbocycles. The molecule has 0 spiro atoms. The Kier molecular flexibility index (Phi) is 6.82. The molecule has 0 bridgehead atoms. The fraction of sp³-hybridized carbons (Fsp3) is 0.923. The Morgan fingerprint density at radius 3 is 2.41 bits per heavy atom. The van der Waals surface area contributed by atoms with E-state index >= 15 is 0 Å². The lowest BCUT2D eigenvalue weighted by Gasteiger charge is -2.36. The second-order valence-corrected chi connectivity index (χ2v) is 5.65. The maximum atomic E-state index is 5.41. The number of thiocarbonyl (C=S) groups is 1. The summed E-state index contributed by atoms with van der Waals surface area (Å²) in [7, 11) is 0. The quantitative estimate of drug-likeness (QED) is 0.599. The largest absolute Gasteiger partial charge is 0.363 e. The van der Waals surface area contributed by atoms with Crippen molar-refractivity contribution < 1.29 is 0 Å². The van der Waals surface area contributed by atoms with Crippen LogP contribution in [0, 0.1) is 5.92 Å². The maximum absolute atomic E-state index is 5.41. The Morgan fingerprint density at radius 2 is 1.88 bits per heavy atom. The third-order valence-corrected chi connectivity index (χ3v) is 3.49. The highest BCUT2D eigenvalue weighted by Crippen LogP contribution is 2.05. The van der Waals surface area contributed by atoms with Crippen LogP contribution in [0.1, 0.15) is 33.6 Å². The smallest absolute Gasteiger partial charge is 0.169 e. The Morgan fingerprint density at radius 1 is 1.24 bits per heavy atom. The van der Waals surface area contributed by atoms with Crippen molar-refractivity contribution in [2.24, 2.45) is 5.92 Å². The predicted octanol–water partition coefficient (Wildman–Crippen LogP) is 1.93. The normalized spacial score (nSPS) is 17.5. The molecule has 0 aromatic rings. The molecule has 0 radical (unpaired) electrons. The van der Waals surface area contributed by atoms with E-state index < -0.39 is 0 Å². The van der Waals surface area contributed by atoms with Crippen molar-refractivity contribution in [2.75, 3.05) is 39.3 Å². The van der Waals surface area contributed by atoms with E-state index in [2.05, 4.69) is 35.9 Å². The van der Waals surface area contributed by atoms with Crippen molar-refractivity contribution in [2.45, 2.75) is 33.6 Å². The lowest BCUT2D eigenvalue weighted by atomic mass is 10.2. The molecule has 0 aromatic carbocycles. The van der Waals surface area contributed by atoms with E-state index in [-0.39, 0.29) is 0 Å². The molecule has 17 heavy (non-hydrogen) atoms. The van der Waals surface area contributed by atoms with E-state index in [1.165, 1.54) is 19.4 Å². The Labute approximate surface area is 112 Å². The molecule has 0 aliphatic carbocycles. The number of piperazine rings is 1. The van der Waals surface area contributed by atoms with Gasteiger partial charge in [-0.25, -0.2) is 0 Å². The van der Waals surface area contributed by atoms with E-state index in [0.29, 0.717) is 0 Å². The SMILES string of the molecule is CCCCNC(=S)N1CCN(CC(C)C)CC1. The van der Waals surface area contributed by atoms with Gasteiger partial charge in [0, 0.05) is 39.3 Å². The highest BCUT2D eigenvalue weighted by atomic mass is 32.1. The summed E-state index contributed by atoms with van der Waals surface area (Å²) >= 11 is 5.41. The second-order valence-electron chi connectivity index (χ2n) is 5.27. The van der Waals surface area contributed by atoms with Gasteiger partial charge in [-0.2, -0.15) is 0 Å². The molecule has 1 saturated heterocycles. The molecule has 1 rings (SSSR count). The van der Waals surface area contributed by atoms with Gasteiger partial charge >= 0.3 is 0 Å². The first-order valence-corrected chi connectivity index (χ1v) is 7.29. The van der Waals surface area contributed by atoms with Crippen molar-refractivity contribution in [3.05, 3.63) is 0 Å². The summed E-state index contributed by atoms with van der Waals surface area (Å²) in [6.45, 7) is 13.4. The van der Waals surface area contributed by atoms with Gasteiger partial charge < -0.3 is 10.2 Å². The van der Waals surface area contributed by atoms with Crippen LogP contribution in [0.5, 0.6) is 0 Å². The van der Waals surface area contributed by atoms with Gasteiger partial charge in [-0.05, 0) is 24.6 Å². The van der Waals surface area contributed by atoms with Crippen molar-refractivity contribution in [1.29, 1.82) is 0 Å². The molecule has 0 atom stereocenters. The minimum Gasteiger partial charge on any atom is -0.363 e. The summed E-state index contributed by atoms with van der Waals surface area (Å²) in [5.74, 6) is 0.760. The summed E-state index contributed by atoms with van der Waals surface area (Å²) in [5, 5.41) is 4.29. The Bertz CT molecular complexity index is 223. The molecule has 1 aliphatic rings. The molecule has 1 N–H and O–H groups in total.